The number of nitro benzene ring substituents is 1. The molecule has 1 N–H and O–H groups in total. The van der Waals surface area contributed by atoms with Gasteiger partial charge in [0, 0.05) is 31.3 Å². The van der Waals surface area contributed by atoms with Crippen LogP contribution in [-0.4, -0.2) is 41.0 Å². The molecule has 166 valence electrons. The molecule has 0 radical (unpaired) electrons. The molecular formula is C21H22F3N3O4. The zero-order valence-corrected chi connectivity index (χ0v) is 17.0. The van der Waals surface area contributed by atoms with Crippen molar-refractivity contribution in [2.45, 2.75) is 38.8 Å². The summed E-state index contributed by atoms with van der Waals surface area (Å²) in [6.07, 6.45) is -4.76. The van der Waals surface area contributed by atoms with Gasteiger partial charge in [-0.05, 0) is 43.7 Å². The van der Waals surface area contributed by atoms with Gasteiger partial charge < -0.3 is 15.0 Å². The Morgan fingerprint density at radius 3 is 2.32 bits per heavy atom. The van der Waals surface area contributed by atoms with Crippen LogP contribution in [0.25, 0.3) is 0 Å². The Bertz CT molecular complexity index is 953. The summed E-state index contributed by atoms with van der Waals surface area (Å²) in [6.45, 7) is 4.97. The lowest BCUT2D eigenvalue weighted by Gasteiger charge is -2.35. The van der Waals surface area contributed by atoms with Gasteiger partial charge in [-0.15, -0.1) is 0 Å². The highest BCUT2D eigenvalue weighted by Gasteiger charge is 2.33. The van der Waals surface area contributed by atoms with Crippen LogP contribution in [0, 0.1) is 10.1 Å². The number of benzene rings is 2. The van der Waals surface area contributed by atoms with Gasteiger partial charge in [0.1, 0.15) is 5.69 Å². The number of carbonyl (C=O) groups excluding carboxylic acids is 1. The van der Waals surface area contributed by atoms with Crippen molar-refractivity contribution in [2.24, 2.45) is 0 Å². The van der Waals surface area contributed by atoms with Crippen molar-refractivity contribution in [1.29, 1.82) is 0 Å². The van der Waals surface area contributed by atoms with Crippen LogP contribution >= 0.6 is 0 Å². The number of carbonyl (C=O) groups is 1. The standard InChI is InChI=1S/C21H22F3N3O4/c1-13-11-26(12-14(2)31-13)20(28)16-5-3-15(4-6-16)10-25-18-8-7-17(21(22,23)24)9-19(18)27(29)30/h3-9,13-14,25H,10-12H2,1-2H3. The summed E-state index contributed by atoms with van der Waals surface area (Å²) in [6, 6.07) is 9.05. The molecule has 2 atom stereocenters. The molecule has 3 rings (SSSR count). The minimum atomic E-state index is -4.66. The first-order valence-electron chi connectivity index (χ1n) is 9.67. The maximum absolute atomic E-state index is 12.8. The Hall–Kier alpha value is -3.14. The smallest absolute Gasteiger partial charge is 0.375 e. The largest absolute Gasteiger partial charge is 0.416 e. The topological polar surface area (TPSA) is 84.7 Å². The number of halogens is 3. The van der Waals surface area contributed by atoms with Crippen LogP contribution in [0.3, 0.4) is 0 Å². The highest BCUT2D eigenvalue weighted by molar-refractivity contribution is 5.94. The van der Waals surface area contributed by atoms with Crippen molar-refractivity contribution < 1.29 is 27.6 Å². The summed E-state index contributed by atoms with van der Waals surface area (Å²) in [5.41, 5.74) is -0.536. The van der Waals surface area contributed by atoms with Gasteiger partial charge in [-0.1, -0.05) is 12.1 Å². The normalized spacial score (nSPS) is 19.2. The number of hydrogen-bond donors (Lipinski definition) is 1. The number of nitrogens with zero attached hydrogens (tertiary/aromatic N) is 2. The van der Waals surface area contributed by atoms with E-state index >= 15 is 0 Å². The number of ether oxygens (including phenoxy) is 1. The fourth-order valence-electron chi connectivity index (χ4n) is 3.50. The average molecular weight is 437 g/mol. The third kappa shape index (κ3) is 5.52. The van der Waals surface area contributed by atoms with Crippen LogP contribution in [0.15, 0.2) is 42.5 Å². The number of rotatable bonds is 5. The molecule has 2 aromatic rings. The van der Waals surface area contributed by atoms with E-state index in [2.05, 4.69) is 5.32 Å². The number of anilines is 1. The summed E-state index contributed by atoms with van der Waals surface area (Å²) in [4.78, 5) is 24.8. The van der Waals surface area contributed by atoms with E-state index in [1.807, 2.05) is 13.8 Å². The lowest BCUT2D eigenvalue weighted by atomic mass is 10.1. The van der Waals surface area contributed by atoms with Gasteiger partial charge in [0.25, 0.3) is 11.6 Å². The van der Waals surface area contributed by atoms with Gasteiger partial charge in [0.2, 0.25) is 0 Å². The van der Waals surface area contributed by atoms with Crippen LogP contribution in [0.2, 0.25) is 0 Å². The van der Waals surface area contributed by atoms with Crippen LogP contribution in [0.5, 0.6) is 0 Å². The van der Waals surface area contributed by atoms with Gasteiger partial charge in [0.15, 0.2) is 0 Å². The molecule has 1 fully saturated rings. The zero-order valence-electron chi connectivity index (χ0n) is 17.0. The summed E-state index contributed by atoms with van der Waals surface area (Å²) < 4.78 is 44.1. The lowest BCUT2D eigenvalue weighted by Crippen LogP contribution is -2.48. The minimum absolute atomic E-state index is 0.0190. The molecule has 7 nitrogen and oxygen atoms in total. The van der Waals surface area contributed by atoms with E-state index in [0.717, 1.165) is 17.7 Å². The van der Waals surface area contributed by atoms with Crippen molar-refractivity contribution in [3.8, 4) is 0 Å². The minimum Gasteiger partial charge on any atom is -0.375 e. The number of hydrogen-bond acceptors (Lipinski definition) is 5. The SMILES string of the molecule is CC1CN(C(=O)c2ccc(CNc3ccc(C(F)(F)F)cc3[N+](=O)[O-])cc2)CC(C)O1. The molecule has 1 aliphatic rings. The molecule has 1 saturated heterocycles. The quantitative estimate of drug-likeness (QED) is 0.551. The van der Waals surface area contributed by atoms with E-state index < -0.39 is 22.4 Å². The lowest BCUT2D eigenvalue weighted by molar-refractivity contribution is -0.384. The van der Waals surface area contributed by atoms with Crippen molar-refractivity contribution >= 4 is 17.3 Å². The first-order chi connectivity index (χ1) is 14.5. The van der Waals surface area contributed by atoms with E-state index in [9.17, 15) is 28.1 Å². The van der Waals surface area contributed by atoms with Crippen molar-refractivity contribution in [2.75, 3.05) is 18.4 Å². The van der Waals surface area contributed by atoms with E-state index in [1.54, 1.807) is 29.2 Å². The zero-order chi connectivity index (χ0) is 22.8. The van der Waals surface area contributed by atoms with Crippen molar-refractivity contribution in [1.82, 2.24) is 4.90 Å². The molecule has 0 bridgehead atoms. The monoisotopic (exact) mass is 437 g/mol. The van der Waals surface area contributed by atoms with Gasteiger partial charge in [-0.2, -0.15) is 13.2 Å². The Morgan fingerprint density at radius 1 is 1.16 bits per heavy atom. The molecule has 0 aromatic heterocycles. The fraction of sp³-hybridized carbons (Fsp3) is 0.381. The average Bonchev–Trinajstić information content (AvgIpc) is 2.70. The molecule has 0 spiro atoms. The maximum Gasteiger partial charge on any atom is 0.416 e. The van der Waals surface area contributed by atoms with Crippen LogP contribution in [0.1, 0.15) is 35.3 Å². The Balaban J connectivity index is 1.68. The molecule has 0 saturated carbocycles. The van der Waals surface area contributed by atoms with Crippen LogP contribution in [0.4, 0.5) is 24.5 Å². The van der Waals surface area contributed by atoms with E-state index in [0.29, 0.717) is 24.7 Å². The van der Waals surface area contributed by atoms with Crippen molar-refractivity contribution in [3.05, 3.63) is 69.3 Å². The van der Waals surface area contributed by atoms with E-state index in [-0.39, 0.29) is 30.3 Å². The fourth-order valence-corrected chi connectivity index (χ4v) is 3.50. The molecule has 2 aromatic carbocycles. The van der Waals surface area contributed by atoms with E-state index in [1.165, 1.54) is 0 Å². The third-order valence-corrected chi connectivity index (χ3v) is 4.91. The van der Waals surface area contributed by atoms with Crippen LogP contribution in [-0.2, 0) is 17.5 Å². The maximum atomic E-state index is 12.8. The molecule has 31 heavy (non-hydrogen) atoms. The molecule has 1 amide bonds. The van der Waals surface area contributed by atoms with Gasteiger partial charge in [0.05, 0.1) is 22.7 Å². The Morgan fingerprint density at radius 2 is 1.77 bits per heavy atom. The van der Waals surface area contributed by atoms with Crippen molar-refractivity contribution in [3.63, 3.8) is 0 Å². The first-order valence-corrected chi connectivity index (χ1v) is 9.67. The highest BCUT2D eigenvalue weighted by Crippen LogP contribution is 2.35. The molecule has 10 heteroatoms. The predicted molar refractivity (Wildman–Crippen MR) is 108 cm³/mol. The second-order valence-corrected chi connectivity index (χ2v) is 7.50. The predicted octanol–water partition coefficient (Wildman–Crippen LogP) is 4.48. The van der Waals surface area contributed by atoms with Crippen LogP contribution < -0.4 is 5.32 Å². The number of alkyl halides is 3. The Labute approximate surface area is 177 Å². The molecule has 0 aliphatic carbocycles. The number of nitrogens with one attached hydrogen (secondary N) is 1. The second kappa shape index (κ2) is 8.93. The number of morpholine rings is 1. The molecule has 2 unspecified atom stereocenters. The third-order valence-electron chi connectivity index (χ3n) is 4.91. The molecule has 1 aliphatic heterocycles. The van der Waals surface area contributed by atoms with Gasteiger partial charge in [-0.3, -0.25) is 14.9 Å². The Kier molecular flexibility index (Phi) is 6.49. The summed E-state index contributed by atoms with van der Waals surface area (Å²) in [7, 11) is 0. The molecule has 1 heterocycles. The summed E-state index contributed by atoms with van der Waals surface area (Å²) >= 11 is 0. The number of nitro groups is 1. The molecular weight excluding hydrogens is 415 g/mol. The summed E-state index contributed by atoms with van der Waals surface area (Å²) in [5.74, 6) is -0.111. The van der Waals surface area contributed by atoms with Gasteiger partial charge in [-0.25, -0.2) is 0 Å². The van der Waals surface area contributed by atoms with Gasteiger partial charge >= 0.3 is 6.18 Å². The highest BCUT2D eigenvalue weighted by atomic mass is 19.4. The number of amides is 1. The summed E-state index contributed by atoms with van der Waals surface area (Å²) in [5, 5.41) is 14.0. The van der Waals surface area contributed by atoms with E-state index in [4.69, 9.17) is 4.74 Å². The second-order valence-electron chi connectivity index (χ2n) is 7.50. The first kappa shape index (κ1) is 22.5.